The summed E-state index contributed by atoms with van der Waals surface area (Å²) in [6, 6.07) is 0. The fraction of sp³-hybridized carbons (Fsp3) is 0.733. The first-order chi connectivity index (χ1) is 9.56. The summed E-state index contributed by atoms with van der Waals surface area (Å²) < 4.78 is 2.14. The molecule has 1 saturated carbocycles. The van der Waals surface area contributed by atoms with Gasteiger partial charge in [0.05, 0.1) is 11.9 Å². The largest absolute Gasteiger partial charge is 0.382 e. The van der Waals surface area contributed by atoms with E-state index in [1.165, 1.54) is 30.4 Å². The Morgan fingerprint density at radius 2 is 2.15 bits per heavy atom. The van der Waals surface area contributed by atoms with E-state index < -0.39 is 0 Å². The van der Waals surface area contributed by atoms with Gasteiger partial charge >= 0.3 is 0 Å². The van der Waals surface area contributed by atoms with Crippen molar-refractivity contribution in [2.24, 2.45) is 5.41 Å². The molecular formula is C15H24BrN3O. The number of hydrogen-bond acceptors (Lipinski definition) is 3. The third kappa shape index (κ3) is 3.62. The predicted molar refractivity (Wildman–Crippen MR) is 86.2 cm³/mol. The summed E-state index contributed by atoms with van der Waals surface area (Å²) in [7, 11) is 0. The topological polar surface area (TPSA) is 46.9 Å². The molecule has 0 aliphatic heterocycles. The molecule has 0 saturated heterocycles. The van der Waals surface area contributed by atoms with Gasteiger partial charge in [0.1, 0.15) is 4.47 Å². The number of anilines is 1. The Balaban J connectivity index is 2.05. The molecule has 0 radical (unpaired) electrons. The van der Waals surface area contributed by atoms with Crippen LogP contribution in [0.15, 0.2) is 15.5 Å². The van der Waals surface area contributed by atoms with Crippen LogP contribution in [0.1, 0.15) is 52.4 Å². The molecule has 0 spiro atoms. The molecule has 0 aromatic carbocycles. The molecule has 112 valence electrons. The Hall–Kier alpha value is -0.840. The summed E-state index contributed by atoms with van der Waals surface area (Å²) in [5, 5.41) is 7.65. The molecule has 1 aliphatic carbocycles. The maximum Gasteiger partial charge on any atom is 0.283 e. The Bertz CT molecular complexity index is 506. The standard InChI is InChI=1S/C15H24BrN3O/c1-3-4-9-19-14(20)13(16)12(10-18-19)17-11-15(2)7-5-6-8-15/h10,17H,3-9,11H2,1-2H3. The van der Waals surface area contributed by atoms with Gasteiger partial charge in [-0.1, -0.05) is 33.1 Å². The molecule has 0 bridgehead atoms. The Labute approximate surface area is 129 Å². The number of aromatic nitrogens is 2. The summed E-state index contributed by atoms with van der Waals surface area (Å²) in [5.41, 5.74) is 1.13. The molecule has 1 aromatic heterocycles. The molecule has 20 heavy (non-hydrogen) atoms. The number of hydrogen-bond donors (Lipinski definition) is 1. The van der Waals surface area contributed by atoms with Crippen molar-refractivity contribution in [3.05, 3.63) is 21.0 Å². The number of aryl methyl sites for hydroxylation is 1. The van der Waals surface area contributed by atoms with Crippen LogP contribution in [0.2, 0.25) is 0 Å². The lowest BCUT2D eigenvalue weighted by Crippen LogP contribution is -2.27. The van der Waals surface area contributed by atoms with Gasteiger partial charge in [-0.15, -0.1) is 0 Å². The smallest absolute Gasteiger partial charge is 0.283 e. The maximum atomic E-state index is 12.2. The van der Waals surface area contributed by atoms with E-state index in [0.717, 1.165) is 25.1 Å². The second kappa shape index (κ2) is 6.74. The summed E-state index contributed by atoms with van der Waals surface area (Å²) in [5.74, 6) is 0. The first kappa shape index (κ1) is 15.5. The Morgan fingerprint density at radius 3 is 2.80 bits per heavy atom. The quantitative estimate of drug-likeness (QED) is 0.855. The van der Waals surface area contributed by atoms with Gasteiger partial charge in [-0.25, -0.2) is 4.68 Å². The highest BCUT2D eigenvalue weighted by atomic mass is 79.9. The average Bonchev–Trinajstić information content (AvgIpc) is 2.87. The van der Waals surface area contributed by atoms with Gasteiger partial charge in [0.25, 0.3) is 5.56 Å². The van der Waals surface area contributed by atoms with E-state index in [1.807, 2.05) is 0 Å². The van der Waals surface area contributed by atoms with Gasteiger partial charge in [0.15, 0.2) is 0 Å². The second-order valence-corrected chi connectivity index (χ2v) is 6.92. The molecule has 2 rings (SSSR count). The van der Waals surface area contributed by atoms with Gasteiger partial charge < -0.3 is 5.32 Å². The van der Waals surface area contributed by atoms with Crippen LogP contribution >= 0.6 is 15.9 Å². The van der Waals surface area contributed by atoms with Crippen LogP contribution in [0.25, 0.3) is 0 Å². The normalized spacial score (nSPS) is 17.4. The van der Waals surface area contributed by atoms with Crippen molar-refractivity contribution in [3.63, 3.8) is 0 Å². The number of unbranched alkanes of at least 4 members (excludes halogenated alkanes) is 1. The van der Waals surface area contributed by atoms with Crippen molar-refractivity contribution in [2.45, 2.75) is 58.9 Å². The van der Waals surface area contributed by atoms with Crippen molar-refractivity contribution in [1.82, 2.24) is 9.78 Å². The van der Waals surface area contributed by atoms with Crippen molar-refractivity contribution >= 4 is 21.6 Å². The van der Waals surface area contributed by atoms with Crippen LogP contribution in [0.5, 0.6) is 0 Å². The zero-order chi connectivity index (χ0) is 14.6. The van der Waals surface area contributed by atoms with Crippen molar-refractivity contribution in [2.75, 3.05) is 11.9 Å². The Morgan fingerprint density at radius 1 is 1.45 bits per heavy atom. The molecule has 1 N–H and O–H groups in total. The van der Waals surface area contributed by atoms with Crippen LogP contribution in [-0.2, 0) is 6.54 Å². The molecule has 1 aliphatic rings. The molecule has 5 heteroatoms. The molecular weight excluding hydrogens is 318 g/mol. The predicted octanol–water partition coefficient (Wildman–Crippen LogP) is 3.80. The monoisotopic (exact) mass is 341 g/mol. The maximum absolute atomic E-state index is 12.2. The van der Waals surface area contributed by atoms with Crippen molar-refractivity contribution < 1.29 is 0 Å². The molecule has 0 unspecified atom stereocenters. The van der Waals surface area contributed by atoms with Gasteiger partial charge in [-0.2, -0.15) is 5.10 Å². The van der Waals surface area contributed by atoms with E-state index in [9.17, 15) is 4.79 Å². The minimum absolute atomic E-state index is 0.0416. The average molecular weight is 342 g/mol. The van der Waals surface area contributed by atoms with Crippen molar-refractivity contribution in [3.8, 4) is 0 Å². The van der Waals surface area contributed by atoms with E-state index in [-0.39, 0.29) is 5.56 Å². The SMILES string of the molecule is CCCCn1ncc(NCC2(C)CCCC2)c(Br)c1=O. The first-order valence-corrected chi connectivity index (χ1v) is 8.34. The number of nitrogens with zero attached hydrogens (tertiary/aromatic N) is 2. The van der Waals surface area contributed by atoms with Gasteiger partial charge in [-0.05, 0) is 40.6 Å². The van der Waals surface area contributed by atoms with E-state index in [1.54, 1.807) is 6.20 Å². The summed E-state index contributed by atoms with van der Waals surface area (Å²) in [6.45, 7) is 6.02. The minimum atomic E-state index is -0.0416. The van der Waals surface area contributed by atoms with Crippen LogP contribution in [0, 0.1) is 5.41 Å². The summed E-state index contributed by atoms with van der Waals surface area (Å²) >= 11 is 3.41. The number of rotatable bonds is 6. The van der Waals surface area contributed by atoms with E-state index in [2.05, 4.69) is 40.2 Å². The van der Waals surface area contributed by atoms with Gasteiger partial charge in [0, 0.05) is 13.1 Å². The zero-order valence-corrected chi connectivity index (χ0v) is 14.0. The van der Waals surface area contributed by atoms with Crippen molar-refractivity contribution in [1.29, 1.82) is 0 Å². The molecule has 1 aromatic rings. The van der Waals surface area contributed by atoms with Crippen LogP contribution in [0.4, 0.5) is 5.69 Å². The highest BCUT2D eigenvalue weighted by Crippen LogP contribution is 2.37. The number of nitrogens with one attached hydrogen (secondary N) is 1. The van der Waals surface area contributed by atoms with E-state index in [0.29, 0.717) is 16.4 Å². The molecule has 0 atom stereocenters. The van der Waals surface area contributed by atoms with Crippen LogP contribution < -0.4 is 10.9 Å². The van der Waals surface area contributed by atoms with Crippen LogP contribution in [-0.4, -0.2) is 16.3 Å². The van der Waals surface area contributed by atoms with E-state index >= 15 is 0 Å². The van der Waals surface area contributed by atoms with Gasteiger partial charge in [-0.3, -0.25) is 4.79 Å². The Kier molecular flexibility index (Phi) is 5.24. The lowest BCUT2D eigenvalue weighted by atomic mass is 9.89. The summed E-state index contributed by atoms with van der Waals surface area (Å²) in [4.78, 5) is 12.2. The summed E-state index contributed by atoms with van der Waals surface area (Å²) in [6.07, 6.45) is 8.96. The third-order valence-corrected chi connectivity index (χ3v) is 4.99. The molecule has 1 fully saturated rings. The molecule has 1 heterocycles. The molecule has 0 amide bonds. The minimum Gasteiger partial charge on any atom is -0.382 e. The highest BCUT2D eigenvalue weighted by Gasteiger charge is 2.28. The highest BCUT2D eigenvalue weighted by molar-refractivity contribution is 9.10. The fourth-order valence-corrected chi connectivity index (χ4v) is 3.22. The van der Waals surface area contributed by atoms with Crippen LogP contribution in [0.3, 0.4) is 0 Å². The second-order valence-electron chi connectivity index (χ2n) is 6.13. The zero-order valence-electron chi connectivity index (χ0n) is 12.4. The van der Waals surface area contributed by atoms with E-state index in [4.69, 9.17) is 0 Å². The number of halogens is 1. The molecule has 4 nitrogen and oxygen atoms in total. The third-order valence-electron chi connectivity index (χ3n) is 4.22. The van der Waals surface area contributed by atoms with Gasteiger partial charge in [0.2, 0.25) is 0 Å². The lowest BCUT2D eigenvalue weighted by molar-refractivity contribution is 0.362. The fourth-order valence-electron chi connectivity index (χ4n) is 2.77. The first-order valence-electron chi connectivity index (χ1n) is 7.55. The lowest BCUT2D eigenvalue weighted by Gasteiger charge is -2.24.